The molecule has 4 heteroatoms. The second kappa shape index (κ2) is 6.78. The number of furan rings is 1. The molecule has 0 bridgehead atoms. The van der Waals surface area contributed by atoms with Gasteiger partial charge in [-0.2, -0.15) is 0 Å². The van der Waals surface area contributed by atoms with Gasteiger partial charge < -0.3 is 4.42 Å². The minimum absolute atomic E-state index is 0.422. The maximum absolute atomic E-state index is 6.33. The Kier molecular flexibility index (Phi) is 4.29. The van der Waals surface area contributed by atoms with E-state index in [-0.39, 0.29) is 0 Å². The van der Waals surface area contributed by atoms with Crippen molar-refractivity contribution in [1.82, 2.24) is 9.97 Å². The Morgan fingerprint density at radius 1 is 0.867 bits per heavy atom. The van der Waals surface area contributed by atoms with E-state index in [1.165, 1.54) is 16.3 Å². The zero-order valence-electron chi connectivity index (χ0n) is 18.2. The lowest BCUT2D eigenvalue weighted by Gasteiger charge is -2.14. The van der Waals surface area contributed by atoms with Crippen LogP contribution in [0.4, 0.5) is 0 Å². The summed E-state index contributed by atoms with van der Waals surface area (Å²) in [6, 6.07) is 19.4. The van der Waals surface area contributed by atoms with Crippen molar-refractivity contribution in [3.05, 3.63) is 66.4 Å². The Balaban J connectivity index is 1.79. The number of hydrogen-bond acceptors (Lipinski definition) is 3. The van der Waals surface area contributed by atoms with Crippen LogP contribution in [0.25, 0.3) is 44.1 Å². The summed E-state index contributed by atoms with van der Waals surface area (Å²) in [6.45, 7) is 11.4. The number of benzene rings is 2. The maximum Gasteiger partial charge on any atom is 0.227 e. The zero-order valence-corrected chi connectivity index (χ0v) is 19.2. The first-order valence-corrected chi connectivity index (χ1v) is 14.0. The highest BCUT2D eigenvalue weighted by Crippen LogP contribution is 2.36. The lowest BCUT2D eigenvalue weighted by atomic mass is 9.92. The van der Waals surface area contributed by atoms with Gasteiger partial charge >= 0.3 is 0 Å². The summed E-state index contributed by atoms with van der Waals surface area (Å²) < 4.78 is 6.33. The van der Waals surface area contributed by atoms with Gasteiger partial charge in [0.25, 0.3) is 0 Å². The van der Waals surface area contributed by atoms with Crippen LogP contribution in [-0.2, 0) is 0 Å². The molecule has 0 aliphatic rings. The topological polar surface area (TPSA) is 38.9 Å². The van der Waals surface area contributed by atoms with E-state index in [4.69, 9.17) is 14.4 Å². The van der Waals surface area contributed by atoms with Crippen molar-refractivity contribution >= 4 is 46.2 Å². The molecule has 2 aromatic carbocycles. The van der Waals surface area contributed by atoms with Crippen molar-refractivity contribution in [3.63, 3.8) is 0 Å². The average Bonchev–Trinajstić information content (AvgIpc) is 3.10. The largest absolute Gasteiger partial charge is 0.435 e. The van der Waals surface area contributed by atoms with Gasteiger partial charge in [-0.1, -0.05) is 57.8 Å². The third-order valence-corrected chi connectivity index (χ3v) is 7.63. The van der Waals surface area contributed by atoms with Crippen LogP contribution < -0.4 is 5.32 Å². The Bertz CT molecular complexity index is 1410. The van der Waals surface area contributed by atoms with E-state index in [0.29, 0.717) is 11.6 Å². The molecule has 0 N–H and O–H groups in total. The first kappa shape index (κ1) is 19.0. The van der Waals surface area contributed by atoms with Gasteiger partial charge in [0.2, 0.25) is 5.71 Å². The van der Waals surface area contributed by atoms with Crippen molar-refractivity contribution in [2.45, 2.75) is 39.4 Å². The molecule has 0 aliphatic heterocycles. The first-order chi connectivity index (χ1) is 14.3. The number of pyridine rings is 2. The fourth-order valence-corrected chi connectivity index (χ4v) is 5.18. The predicted octanol–water partition coefficient (Wildman–Crippen LogP) is 6.86. The molecule has 0 saturated carbocycles. The molecule has 0 amide bonds. The third kappa shape index (κ3) is 3.03. The normalized spacial score (nSPS) is 12.5. The van der Waals surface area contributed by atoms with Gasteiger partial charge in [-0.25, -0.2) is 4.98 Å². The highest BCUT2D eigenvalue weighted by Gasteiger charge is 2.21. The fraction of sp³-hybridized carbons (Fsp3) is 0.231. The van der Waals surface area contributed by atoms with Crippen LogP contribution in [-0.4, -0.2) is 18.0 Å². The summed E-state index contributed by atoms with van der Waals surface area (Å²) in [5, 5.41) is 5.82. The molecule has 0 unspecified atom stereocenters. The van der Waals surface area contributed by atoms with Crippen LogP contribution in [0.2, 0.25) is 19.6 Å². The highest BCUT2D eigenvalue weighted by atomic mass is 28.3. The summed E-state index contributed by atoms with van der Waals surface area (Å²) in [5.41, 5.74) is 4.83. The number of aromatic nitrogens is 2. The average molecular weight is 411 g/mol. The molecule has 0 radical (unpaired) electrons. The lowest BCUT2D eigenvalue weighted by molar-refractivity contribution is 0.654. The third-order valence-electron chi connectivity index (χ3n) is 5.81. The van der Waals surface area contributed by atoms with Gasteiger partial charge in [-0.3, -0.25) is 4.98 Å². The molecule has 5 aromatic rings. The second-order valence-electron chi connectivity index (χ2n) is 9.38. The smallest absolute Gasteiger partial charge is 0.227 e. The molecule has 0 atom stereocenters. The summed E-state index contributed by atoms with van der Waals surface area (Å²) >= 11 is 0. The molecule has 0 fully saturated rings. The van der Waals surface area contributed by atoms with Gasteiger partial charge in [0, 0.05) is 27.8 Å². The van der Waals surface area contributed by atoms with Crippen LogP contribution in [0.3, 0.4) is 0 Å². The lowest BCUT2D eigenvalue weighted by Crippen LogP contribution is -2.39. The van der Waals surface area contributed by atoms with Crippen molar-refractivity contribution in [2.75, 3.05) is 0 Å². The molecular formula is C26H26N2OSi. The Labute approximate surface area is 177 Å². The summed E-state index contributed by atoms with van der Waals surface area (Å²) in [5.74, 6) is 0.422. The van der Waals surface area contributed by atoms with E-state index in [2.05, 4.69) is 82.0 Å². The van der Waals surface area contributed by atoms with E-state index in [9.17, 15) is 0 Å². The molecule has 0 saturated heterocycles. The van der Waals surface area contributed by atoms with Crippen molar-refractivity contribution in [1.29, 1.82) is 0 Å². The van der Waals surface area contributed by atoms with Crippen molar-refractivity contribution in [2.24, 2.45) is 0 Å². The van der Waals surface area contributed by atoms with Gasteiger partial charge in [-0.05, 0) is 52.6 Å². The van der Waals surface area contributed by atoms with Crippen LogP contribution in [0.1, 0.15) is 25.3 Å². The van der Waals surface area contributed by atoms with Crippen LogP contribution in [0.15, 0.2) is 65.2 Å². The van der Waals surface area contributed by atoms with E-state index in [0.717, 1.165) is 32.9 Å². The molecule has 0 aliphatic carbocycles. The standard InChI is InChI=1S/C26H26N2OSi/c1-16(2)22-15-18(14-17-8-6-7-9-19(17)22)24-25-20(12-13-27-24)21-10-11-23(30(3,4)5)28-26(21)29-25/h6-16H,1-5H3. The maximum atomic E-state index is 6.33. The Morgan fingerprint density at radius 3 is 2.43 bits per heavy atom. The second-order valence-corrected chi connectivity index (χ2v) is 14.4. The molecule has 3 aromatic heterocycles. The SMILES string of the molecule is CC(C)c1cc(-c2nccc3c2oc2nc([Si](C)(C)C)ccc23)cc2ccccc12. The van der Waals surface area contributed by atoms with Gasteiger partial charge in [0.15, 0.2) is 5.58 Å². The number of fused-ring (bicyclic) bond motifs is 4. The summed E-state index contributed by atoms with van der Waals surface area (Å²) in [6.07, 6.45) is 1.88. The zero-order chi connectivity index (χ0) is 21.0. The van der Waals surface area contributed by atoms with Gasteiger partial charge in [-0.15, -0.1) is 0 Å². The van der Waals surface area contributed by atoms with Crippen molar-refractivity contribution in [3.8, 4) is 11.3 Å². The quantitative estimate of drug-likeness (QED) is 0.305. The number of hydrogen-bond donors (Lipinski definition) is 0. The predicted molar refractivity (Wildman–Crippen MR) is 129 cm³/mol. The molecule has 3 nitrogen and oxygen atoms in total. The molecule has 5 rings (SSSR count). The van der Waals surface area contributed by atoms with E-state index in [1.54, 1.807) is 0 Å². The minimum atomic E-state index is -1.51. The monoisotopic (exact) mass is 410 g/mol. The molecular weight excluding hydrogens is 384 g/mol. The summed E-state index contributed by atoms with van der Waals surface area (Å²) in [4.78, 5) is 9.62. The van der Waals surface area contributed by atoms with Crippen LogP contribution in [0.5, 0.6) is 0 Å². The Morgan fingerprint density at radius 2 is 1.67 bits per heavy atom. The van der Waals surface area contributed by atoms with E-state index < -0.39 is 8.07 Å². The van der Waals surface area contributed by atoms with Crippen LogP contribution >= 0.6 is 0 Å². The van der Waals surface area contributed by atoms with Gasteiger partial charge in [0.05, 0.1) is 0 Å². The van der Waals surface area contributed by atoms with Crippen molar-refractivity contribution < 1.29 is 4.42 Å². The molecule has 30 heavy (non-hydrogen) atoms. The number of rotatable bonds is 3. The molecule has 150 valence electrons. The molecule has 3 heterocycles. The molecule has 0 spiro atoms. The van der Waals surface area contributed by atoms with Gasteiger partial charge in [0.1, 0.15) is 13.8 Å². The van der Waals surface area contributed by atoms with E-state index in [1.807, 2.05) is 12.3 Å². The number of nitrogens with zero attached hydrogens (tertiary/aromatic N) is 2. The summed E-state index contributed by atoms with van der Waals surface area (Å²) in [7, 11) is -1.51. The van der Waals surface area contributed by atoms with Crippen LogP contribution in [0, 0.1) is 0 Å². The van der Waals surface area contributed by atoms with E-state index >= 15 is 0 Å². The fourth-order valence-electron chi connectivity index (χ4n) is 4.16. The minimum Gasteiger partial charge on any atom is -0.435 e. The highest BCUT2D eigenvalue weighted by molar-refractivity contribution is 6.88. The first-order valence-electron chi connectivity index (χ1n) is 10.5. The Hall–Kier alpha value is -2.98.